The zero-order valence-electron chi connectivity index (χ0n) is 27.8. The van der Waals surface area contributed by atoms with Crippen molar-refractivity contribution in [2.45, 2.75) is 70.3 Å². The lowest BCUT2D eigenvalue weighted by Crippen LogP contribution is -2.37. The Morgan fingerprint density at radius 1 is 1.21 bits per heavy atom. The molecule has 1 aromatic carbocycles. The predicted octanol–water partition coefficient (Wildman–Crippen LogP) is 6.98. The van der Waals surface area contributed by atoms with E-state index in [0.717, 1.165) is 72.4 Å². The van der Waals surface area contributed by atoms with Gasteiger partial charge in [0.15, 0.2) is 16.7 Å². The van der Waals surface area contributed by atoms with Crippen LogP contribution < -0.4 is 14.8 Å². The van der Waals surface area contributed by atoms with Gasteiger partial charge in [0.1, 0.15) is 6.07 Å². The van der Waals surface area contributed by atoms with Gasteiger partial charge < -0.3 is 29.0 Å². The number of esters is 1. The highest BCUT2D eigenvalue weighted by molar-refractivity contribution is 8.00. The van der Waals surface area contributed by atoms with Gasteiger partial charge in [0.2, 0.25) is 0 Å². The number of fused-ring (bicyclic) bond motifs is 1. The number of methoxy groups -OCH3 is 1. The van der Waals surface area contributed by atoms with Gasteiger partial charge in [-0.2, -0.15) is 5.26 Å². The van der Waals surface area contributed by atoms with E-state index in [0.29, 0.717) is 47.9 Å². The van der Waals surface area contributed by atoms with Crippen molar-refractivity contribution in [3.8, 4) is 17.6 Å². The van der Waals surface area contributed by atoms with Gasteiger partial charge in [-0.3, -0.25) is 9.78 Å². The van der Waals surface area contributed by atoms with Gasteiger partial charge in [0.25, 0.3) is 0 Å². The lowest BCUT2D eigenvalue weighted by Gasteiger charge is -2.30. The van der Waals surface area contributed by atoms with E-state index in [-0.39, 0.29) is 17.1 Å². The molecule has 12 heteroatoms. The van der Waals surface area contributed by atoms with E-state index >= 15 is 0 Å². The summed E-state index contributed by atoms with van der Waals surface area (Å²) in [6, 6.07) is 5.99. The molecule has 0 amide bonds. The number of allylic oxidation sites excluding steroid dienone is 2. The summed E-state index contributed by atoms with van der Waals surface area (Å²) in [6.07, 6.45) is 8.80. The van der Waals surface area contributed by atoms with Crippen molar-refractivity contribution in [3.05, 3.63) is 58.2 Å². The molecule has 1 unspecified atom stereocenters. The van der Waals surface area contributed by atoms with Gasteiger partial charge in [0.05, 0.1) is 54.0 Å². The van der Waals surface area contributed by atoms with Crippen molar-refractivity contribution < 1.29 is 19.0 Å². The summed E-state index contributed by atoms with van der Waals surface area (Å²) in [7, 11) is 1.60. The van der Waals surface area contributed by atoms with Crippen molar-refractivity contribution >= 4 is 45.9 Å². The van der Waals surface area contributed by atoms with Crippen LogP contribution in [0.1, 0.15) is 56.5 Å². The summed E-state index contributed by atoms with van der Waals surface area (Å²) >= 11 is 8.49. The summed E-state index contributed by atoms with van der Waals surface area (Å²) in [5, 5.41) is 15.9. The first kappa shape index (κ1) is 34.6. The summed E-state index contributed by atoms with van der Waals surface area (Å²) < 4.78 is 19.3. The van der Waals surface area contributed by atoms with Crippen LogP contribution in [0.3, 0.4) is 0 Å². The lowest BCUT2D eigenvalue weighted by molar-refractivity contribution is -0.149. The number of carbonyl (C=O) groups is 1. The van der Waals surface area contributed by atoms with E-state index in [1.54, 1.807) is 25.1 Å². The molecule has 47 heavy (non-hydrogen) atoms. The Balaban J connectivity index is 1.24. The van der Waals surface area contributed by atoms with Gasteiger partial charge in [-0.15, -0.1) is 0 Å². The number of thioether (sulfide) groups is 1. The molecule has 2 aliphatic rings. The first-order valence-corrected chi connectivity index (χ1v) is 17.5. The summed E-state index contributed by atoms with van der Waals surface area (Å²) in [5.41, 5.74) is 4.75. The smallest absolute Gasteiger partial charge is 0.309 e. The van der Waals surface area contributed by atoms with Gasteiger partial charge in [-0.05, 0) is 78.6 Å². The van der Waals surface area contributed by atoms with Gasteiger partial charge >= 0.3 is 5.97 Å². The molecule has 250 valence electrons. The fraction of sp³-hybridized carbons (Fsp3) is 0.486. The number of aryl methyl sites for hydroxylation is 1. The first-order chi connectivity index (χ1) is 22.8. The Labute approximate surface area is 286 Å². The third-order valence-corrected chi connectivity index (χ3v) is 10.5. The summed E-state index contributed by atoms with van der Waals surface area (Å²) in [4.78, 5) is 23.7. The highest BCUT2D eigenvalue weighted by Gasteiger charge is 2.26. The molecule has 2 aromatic heterocycles. The van der Waals surface area contributed by atoms with E-state index in [1.807, 2.05) is 32.1 Å². The number of anilines is 1. The number of pyridine rings is 1. The Bertz CT molecular complexity index is 1710. The maximum atomic E-state index is 12.0. The number of benzene rings is 1. The number of hydrogen-bond donors (Lipinski definition) is 1. The van der Waals surface area contributed by atoms with E-state index < -0.39 is 0 Å². The minimum absolute atomic E-state index is 0.00616. The molecule has 3 aromatic rings. The number of nitriles is 1. The fourth-order valence-corrected chi connectivity index (χ4v) is 7.56. The number of nitrogens with one attached hydrogen (secondary N) is 1. The summed E-state index contributed by atoms with van der Waals surface area (Å²) in [6.45, 7) is 12.5. The number of nitrogens with zero attached hydrogens (tertiary/aromatic N) is 5. The average molecular weight is 679 g/mol. The Morgan fingerprint density at radius 2 is 2.00 bits per heavy atom. The first-order valence-electron chi connectivity index (χ1n) is 16.2. The van der Waals surface area contributed by atoms with Gasteiger partial charge in [-0.25, -0.2) is 4.98 Å². The van der Waals surface area contributed by atoms with E-state index in [1.165, 1.54) is 5.69 Å². The number of carbonyl (C=O) groups excluding carboxylic acids is 1. The lowest BCUT2D eigenvalue weighted by atomic mass is 9.97. The SMILES string of the molecule is CCOC(=O)C1CCN(CCCOc2cc3ncc(C#N)c(NC4=CCC(Sc5nc(C)c(C)n5CC)C(Cl)=C4)c3cc2OC)CC1. The monoisotopic (exact) mass is 678 g/mol. The molecule has 5 rings (SSSR count). The number of piperidine rings is 1. The molecule has 0 bridgehead atoms. The minimum atomic E-state index is -0.0757. The average Bonchev–Trinajstić information content (AvgIpc) is 3.35. The van der Waals surface area contributed by atoms with Crippen LogP contribution in [0.5, 0.6) is 11.5 Å². The molecule has 1 N–H and O–H groups in total. The highest BCUT2D eigenvalue weighted by atomic mass is 35.5. The summed E-state index contributed by atoms with van der Waals surface area (Å²) in [5.74, 6) is 1.09. The number of halogens is 1. The number of aromatic nitrogens is 3. The second-order valence-corrected chi connectivity index (χ2v) is 13.3. The van der Waals surface area contributed by atoms with Crippen molar-refractivity contribution in [1.82, 2.24) is 19.4 Å². The largest absolute Gasteiger partial charge is 0.493 e. The number of rotatable bonds is 13. The standard InChI is InChI=1S/C35H43ClN6O4S/c1-6-42-23(4)22(3)39-35(42)47-32-10-9-26(17-28(32)36)40-33-25(20-37)21-38-29-19-31(30(44-5)18-27(29)33)46-16-8-13-41-14-11-24(12-15-41)34(43)45-7-2/h9,17-19,21,24,32H,6-8,10-16H2,1-5H3,(H,38,40). The van der Waals surface area contributed by atoms with E-state index in [4.69, 9.17) is 30.8 Å². The second kappa shape index (κ2) is 15.9. The molecular formula is C35H43ClN6O4S. The topological polar surface area (TPSA) is 115 Å². The molecule has 0 spiro atoms. The third-order valence-electron chi connectivity index (χ3n) is 8.77. The Kier molecular flexibility index (Phi) is 11.7. The molecule has 0 radical (unpaired) electrons. The normalized spacial score (nSPS) is 17.2. The van der Waals surface area contributed by atoms with Crippen molar-refractivity contribution in [2.75, 3.05) is 45.3 Å². The maximum absolute atomic E-state index is 12.0. The van der Waals surface area contributed by atoms with Gasteiger partial charge in [0, 0.05) is 47.2 Å². The Hall–Kier alpha value is -3.72. The third kappa shape index (κ3) is 8.06. The van der Waals surface area contributed by atoms with Crippen molar-refractivity contribution in [3.63, 3.8) is 0 Å². The maximum Gasteiger partial charge on any atom is 0.309 e. The molecule has 1 saturated heterocycles. The highest BCUT2D eigenvalue weighted by Crippen LogP contribution is 2.39. The van der Waals surface area contributed by atoms with Crippen LogP contribution >= 0.6 is 23.4 Å². The van der Waals surface area contributed by atoms with E-state index in [9.17, 15) is 10.1 Å². The fourth-order valence-electron chi connectivity index (χ4n) is 6.01. The quantitative estimate of drug-likeness (QED) is 0.150. The molecule has 3 heterocycles. The zero-order chi connectivity index (χ0) is 33.5. The number of hydrogen-bond acceptors (Lipinski definition) is 10. The molecule has 1 fully saturated rings. The predicted molar refractivity (Wildman–Crippen MR) is 186 cm³/mol. The van der Waals surface area contributed by atoms with Crippen LogP contribution in [-0.2, 0) is 16.1 Å². The van der Waals surface area contributed by atoms with Crippen LogP contribution in [0.15, 0.2) is 46.4 Å². The van der Waals surface area contributed by atoms with Crippen molar-refractivity contribution in [2.24, 2.45) is 5.92 Å². The molecule has 0 saturated carbocycles. The van der Waals surface area contributed by atoms with Crippen LogP contribution in [0.2, 0.25) is 0 Å². The van der Waals surface area contributed by atoms with Gasteiger partial charge in [-0.1, -0.05) is 29.4 Å². The van der Waals surface area contributed by atoms with Crippen LogP contribution in [0, 0.1) is 31.1 Å². The van der Waals surface area contributed by atoms with Crippen LogP contribution in [-0.4, -0.2) is 70.6 Å². The van der Waals surface area contributed by atoms with Crippen LogP contribution in [0.25, 0.3) is 10.9 Å². The molecule has 10 nitrogen and oxygen atoms in total. The molecule has 1 atom stereocenters. The van der Waals surface area contributed by atoms with Crippen LogP contribution in [0.4, 0.5) is 5.69 Å². The zero-order valence-corrected chi connectivity index (χ0v) is 29.3. The van der Waals surface area contributed by atoms with E-state index in [2.05, 4.69) is 45.8 Å². The minimum Gasteiger partial charge on any atom is -0.493 e. The Morgan fingerprint density at radius 3 is 2.68 bits per heavy atom. The molecule has 1 aliphatic heterocycles. The second-order valence-electron chi connectivity index (χ2n) is 11.7. The molecule has 1 aliphatic carbocycles. The number of imidazole rings is 1. The molecular weight excluding hydrogens is 636 g/mol. The number of likely N-dealkylation sites (tertiary alicyclic amines) is 1. The van der Waals surface area contributed by atoms with Crippen molar-refractivity contribution in [1.29, 1.82) is 5.26 Å². The number of ether oxygens (including phenoxy) is 3.